The number of rotatable bonds is 6. The molecule has 0 radical (unpaired) electrons. The molecule has 0 fully saturated rings. The van der Waals surface area contributed by atoms with E-state index < -0.39 is 17.4 Å². The minimum Gasteiger partial charge on any atom is -0.463 e. The molecule has 114 valence electrons. The number of carbonyl (C=O) groups is 3. The Kier molecular flexibility index (Phi) is 7.57. The summed E-state index contributed by atoms with van der Waals surface area (Å²) >= 11 is 0. The highest BCUT2D eigenvalue weighted by molar-refractivity contribution is 5.91. The lowest BCUT2D eigenvalue weighted by Gasteiger charge is -2.25. The van der Waals surface area contributed by atoms with Crippen LogP contribution in [0, 0.1) is 5.41 Å². The first kappa shape index (κ1) is 18.1. The van der Waals surface area contributed by atoms with E-state index in [-0.39, 0.29) is 19.1 Å². The number of hydrogen-bond donors (Lipinski definition) is 0. The van der Waals surface area contributed by atoms with E-state index in [9.17, 15) is 14.4 Å². The number of carbonyl (C=O) groups excluding carboxylic acids is 3. The standard InChI is InChI=1S/C14H23NO5/c1-6-19-11(16)7-8-12(17)20-10-9-15(5)13(18)14(2,3)4/h7-8H,6,9-10H2,1-5H3/b8-7+. The normalized spacial score (nSPS) is 11.2. The topological polar surface area (TPSA) is 72.9 Å². The first-order valence-corrected chi connectivity index (χ1v) is 6.45. The van der Waals surface area contributed by atoms with Gasteiger partial charge in [0, 0.05) is 24.6 Å². The fourth-order valence-corrected chi connectivity index (χ4v) is 1.33. The number of nitrogens with zero attached hydrogens (tertiary/aromatic N) is 1. The van der Waals surface area contributed by atoms with Crippen molar-refractivity contribution in [2.75, 3.05) is 26.8 Å². The second-order valence-corrected chi connectivity index (χ2v) is 5.23. The van der Waals surface area contributed by atoms with Crippen molar-refractivity contribution >= 4 is 17.8 Å². The smallest absolute Gasteiger partial charge is 0.331 e. The van der Waals surface area contributed by atoms with Crippen LogP contribution in [0.4, 0.5) is 0 Å². The van der Waals surface area contributed by atoms with E-state index in [0.717, 1.165) is 12.2 Å². The fraction of sp³-hybridized carbons (Fsp3) is 0.643. The van der Waals surface area contributed by atoms with Gasteiger partial charge in [-0.1, -0.05) is 20.8 Å². The van der Waals surface area contributed by atoms with Crippen LogP contribution in [-0.4, -0.2) is 49.6 Å². The molecule has 0 spiro atoms. The summed E-state index contributed by atoms with van der Waals surface area (Å²) in [6, 6.07) is 0. The van der Waals surface area contributed by atoms with E-state index >= 15 is 0 Å². The van der Waals surface area contributed by atoms with Crippen LogP contribution in [0.25, 0.3) is 0 Å². The number of hydrogen-bond acceptors (Lipinski definition) is 5. The van der Waals surface area contributed by atoms with E-state index in [4.69, 9.17) is 4.74 Å². The highest BCUT2D eigenvalue weighted by Gasteiger charge is 2.24. The SMILES string of the molecule is CCOC(=O)/C=C/C(=O)OCCN(C)C(=O)C(C)(C)C. The minimum absolute atomic E-state index is 0.0318. The van der Waals surface area contributed by atoms with Crippen LogP contribution in [0.1, 0.15) is 27.7 Å². The van der Waals surface area contributed by atoms with Gasteiger partial charge >= 0.3 is 11.9 Å². The molecule has 0 unspecified atom stereocenters. The van der Waals surface area contributed by atoms with Crippen molar-refractivity contribution in [3.8, 4) is 0 Å². The van der Waals surface area contributed by atoms with E-state index in [2.05, 4.69) is 4.74 Å². The molecule has 0 saturated carbocycles. The zero-order chi connectivity index (χ0) is 15.8. The molecule has 0 aromatic rings. The van der Waals surface area contributed by atoms with Gasteiger partial charge in [-0.2, -0.15) is 0 Å². The average molecular weight is 285 g/mol. The molecule has 0 heterocycles. The zero-order valence-corrected chi connectivity index (χ0v) is 12.8. The average Bonchev–Trinajstić information content (AvgIpc) is 2.34. The summed E-state index contributed by atoms with van der Waals surface area (Å²) in [4.78, 5) is 35.6. The van der Waals surface area contributed by atoms with Gasteiger partial charge in [-0.3, -0.25) is 4.79 Å². The van der Waals surface area contributed by atoms with Gasteiger partial charge < -0.3 is 14.4 Å². The molecule has 6 nitrogen and oxygen atoms in total. The second kappa shape index (κ2) is 8.35. The molecule has 0 aliphatic rings. The maximum atomic E-state index is 11.8. The molecular formula is C14H23NO5. The van der Waals surface area contributed by atoms with Crippen LogP contribution in [0.2, 0.25) is 0 Å². The Morgan fingerprint density at radius 1 is 1.05 bits per heavy atom. The van der Waals surface area contributed by atoms with Crippen LogP contribution in [0.5, 0.6) is 0 Å². The summed E-state index contributed by atoms with van der Waals surface area (Å²) in [6.45, 7) is 7.75. The van der Waals surface area contributed by atoms with E-state index in [1.165, 1.54) is 4.90 Å². The molecule has 0 atom stereocenters. The van der Waals surface area contributed by atoms with Gasteiger partial charge in [0.05, 0.1) is 13.2 Å². The van der Waals surface area contributed by atoms with Crippen molar-refractivity contribution < 1.29 is 23.9 Å². The van der Waals surface area contributed by atoms with E-state index in [1.54, 1.807) is 14.0 Å². The van der Waals surface area contributed by atoms with Gasteiger partial charge in [-0.05, 0) is 6.92 Å². The van der Waals surface area contributed by atoms with E-state index in [0.29, 0.717) is 6.54 Å². The highest BCUT2D eigenvalue weighted by atomic mass is 16.5. The van der Waals surface area contributed by atoms with Crippen LogP contribution in [-0.2, 0) is 23.9 Å². The summed E-state index contributed by atoms with van der Waals surface area (Å²) in [6.07, 6.45) is 2.01. The third-order valence-electron chi connectivity index (χ3n) is 2.30. The summed E-state index contributed by atoms with van der Waals surface area (Å²) in [5.74, 6) is -1.27. The molecule has 20 heavy (non-hydrogen) atoms. The Hall–Kier alpha value is -1.85. The predicted molar refractivity (Wildman–Crippen MR) is 73.8 cm³/mol. The molecule has 0 aliphatic carbocycles. The van der Waals surface area contributed by atoms with Crippen molar-refractivity contribution in [1.29, 1.82) is 0 Å². The molecular weight excluding hydrogens is 262 g/mol. The number of amides is 1. The van der Waals surface area contributed by atoms with Crippen LogP contribution < -0.4 is 0 Å². The Morgan fingerprint density at radius 3 is 2.00 bits per heavy atom. The van der Waals surface area contributed by atoms with Crippen LogP contribution in [0.15, 0.2) is 12.2 Å². The van der Waals surface area contributed by atoms with Crippen molar-refractivity contribution in [1.82, 2.24) is 4.90 Å². The van der Waals surface area contributed by atoms with Gasteiger partial charge in [0.15, 0.2) is 0 Å². The van der Waals surface area contributed by atoms with Gasteiger partial charge in [0.2, 0.25) is 5.91 Å². The number of esters is 2. The molecule has 6 heteroatoms. The zero-order valence-electron chi connectivity index (χ0n) is 12.8. The molecule has 0 saturated heterocycles. The summed E-state index contributed by atoms with van der Waals surface area (Å²) in [7, 11) is 1.65. The quantitative estimate of drug-likeness (QED) is 0.541. The summed E-state index contributed by atoms with van der Waals surface area (Å²) in [5, 5.41) is 0. The van der Waals surface area contributed by atoms with E-state index in [1.807, 2.05) is 20.8 Å². The first-order chi connectivity index (χ1) is 9.18. The Morgan fingerprint density at radius 2 is 1.55 bits per heavy atom. The molecule has 0 aliphatic heterocycles. The minimum atomic E-state index is -0.644. The Labute approximate surface area is 119 Å². The molecule has 0 aromatic heterocycles. The first-order valence-electron chi connectivity index (χ1n) is 6.45. The molecule has 0 rings (SSSR count). The maximum Gasteiger partial charge on any atom is 0.331 e. The van der Waals surface area contributed by atoms with Gasteiger partial charge in [0.1, 0.15) is 6.61 Å². The van der Waals surface area contributed by atoms with Gasteiger partial charge in [-0.25, -0.2) is 9.59 Å². The lowest BCUT2D eigenvalue weighted by atomic mass is 9.95. The Balaban J connectivity index is 4.04. The van der Waals surface area contributed by atoms with Crippen LogP contribution >= 0.6 is 0 Å². The number of ether oxygens (including phenoxy) is 2. The van der Waals surface area contributed by atoms with Gasteiger partial charge in [0.25, 0.3) is 0 Å². The molecule has 0 bridgehead atoms. The molecule has 1 amide bonds. The number of likely N-dealkylation sites (N-methyl/N-ethyl adjacent to an activating group) is 1. The lowest BCUT2D eigenvalue weighted by molar-refractivity contribution is -0.143. The third-order valence-corrected chi connectivity index (χ3v) is 2.30. The van der Waals surface area contributed by atoms with Crippen LogP contribution in [0.3, 0.4) is 0 Å². The monoisotopic (exact) mass is 285 g/mol. The lowest BCUT2D eigenvalue weighted by Crippen LogP contribution is -2.38. The van der Waals surface area contributed by atoms with Gasteiger partial charge in [-0.15, -0.1) is 0 Å². The molecule has 0 aromatic carbocycles. The third kappa shape index (κ3) is 7.56. The maximum absolute atomic E-state index is 11.8. The predicted octanol–water partition coefficient (Wildman–Crippen LogP) is 1.15. The largest absolute Gasteiger partial charge is 0.463 e. The van der Waals surface area contributed by atoms with Crippen molar-refractivity contribution in [3.63, 3.8) is 0 Å². The Bertz CT molecular complexity index is 382. The highest BCUT2D eigenvalue weighted by Crippen LogP contribution is 2.15. The fourth-order valence-electron chi connectivity index (χ4n) is 1.33. The van der Waals surface area contributed by atoms with Crippen molar-refractivity contribution in [3.05, 3.63) is 12.2 Å². The summed E-state index contributed by atoms with van der Waals surface area (Å²) in [5.41, 5.74) is -0.470. The van der Waals surface area contributed by atoms with Crippen molar-refractivity contribution in [2.45, 2.75) is 27.7 Å². The summed E-state index contributed by atoms with van der Waals surface area (Å²) < 4.78 is 9.49. The molecule has 0 N–H and O–H groups in total. The van der Waals surface area contributed by atoms with Crippen molar-refractivity contribution in [2.24, 2.45) is 5.41 Å². The second-order valence-electron chi connectivity index (χ2n) is 5.23.